The molecule has 3 amide bonds. The van der Waals surface area contributed by atoms with Crippen LogP contribution in [0.2, 0.25) is 0 Å². The van der Waals surface area contributed by atoms with Gasteiger partial charge in [-0.3, -0.25) is 24.3 Å². The Hall–Kier alpha value is -1.93. The molecule has 1 N–H and O–H groups in total. The van der Waals surface area contributed by atoms with E-state index in [0.29, 0.717) is 31.6 Å². The smallest absolute Gasteiger partial charge is 0.288 e. The predicted octanol–water partition coefficient (Wildman–Crippen LogP) is 1.28. The van der Waals surface area contributed by atoms with E-state index in [1.165, 1.54) is 7.05 Å². The highest BCUT2D eigenvalue weighted by molar-refractivity contribution is 8.15. The number of rotatable bonds is 3. The van der Waals surface area contributed by atoms with E-state index in [0.717, 1.165) is 22.2 Å². The number of carbonyl (C=O) groups is 3. The summed E-state index contributed by atoms with van der Waals surface area (Å²) in [4.78, 5) is 42.9. The normalized spacial score (nSPS) is 23.2. The topological polar surface area (TPSA) is 90.8 Å². The van der Waals surface area contributed by atoms with Crippen LogP contribution in [0.5, 0.6) is 0 Å². The summed E-state index contributed by atoms with van der Waals surface area (Å²) in [5.41, 5.74) is 0.561. The Morgan fingerprint density at radius 2 is 2.08 bits per heavy atom. The number of aromatic nitrogens is 1. The Bertz CT molecular complexity index is 716. The molecule has 1 atom stereocenters. The standard InChI is InChI=1S/C17H21N3O4S/c1-11-4-3-7-18-14(11)17(24)5-8-20(9-6-17)13(21)10-12-15(22)19(2)16(23)25-12/h3-4,7,12,24H,5-6,8-10H2,1-2H3. The van der Waals surface area contributed by atoms with Crippen LogP contribution in [0.1, 0.15) is 30.5 Å². The van der Waals surface area contributed by atoms with Crippen molar-refractivity contribution in [2.75, 3.05) is 20.1 Å². The van der Waals surface area contributed by atoms with Gasteiger partial charge in [-0.2, -0.15) is 0 Å². The first-order valence-corrected chi connectivity index (χ1v) is 9.10. The Morgan fingerprint density at radius 3 is 2.64 bits per heavy atom. The maximum absolute atomic E-state index is 12.5. The molecule has 0 aliphatic carbocycles. The van der Waals surface area contributed by atoms with Gasteiger partial charge in [0.25, 0.3) is 5.24 Å². The van der Waals surface area contributed by atoms with E-state index < -0.39 is 10.9 Å². The molecule has 0 spiro atoms. The number of hydrogen-bond acceptors (Lipinski definition) is 6. The van der Waals surface area contributed by atoms with Gasteiger partial charge in [-0.05, 0) is 31.4 Å². The summed E-state index contributed by atoms with van der Waals surface area (Å²) < 4.78 is 0. The number of pyridine rings is 1. The number of carbonyl (C=O) groups excluding carboxylic acids is 3. The van der Waals surface area contributed by atoms with E-state index in [1.807, 2.05) is 19.1 Å². The number of piperidine rings is 1. The lowest BCUT2D eigenvalue weighted by molar-refractivity contribution is -0.138. The van der Waals surface area contributed by atoms with Crippen LogP contribution in [0.15, 0.2) is 18.3 Å². The molecule has 8 heteroatoms. The van der Waals surface area contributed by atoms with Crippen molar-refractivity contribution < 1.29 is 19.5 Å². The van der Waals surface area contributed by atoms with E-state index in [4.69, 9.17) is 0 Å². The molecule has 1 aromatic rings. The average Bonchev–Trinajstić information content (AvgIpc) is 2.82. The molecule has 2 aliphatic rings. The van der Waals surface area contributed by atoms with Crippen LogP contribution in [-0.4, -0.2) is 62.3 Å². The fraction of sp³-hybridized carbons (Fsp3) is 0.529. The van der Waals surface area contributed by atoms with E-state index in [2.05, 4.69) is 4.98 Å². The van der Waals surface area contributed by atoms with Crippen LogP contribution in [-0.2, 0) is 15.2 Å². The molecule has 0 aromatic carbocycles. The van der Waals surface area contributed by atoms with Crippen molar-refractivity contribution >= 4 is 28.8 Å². The van der Waals surface area contributed by atoms with E-state index in [1.54, 1.807) is 11.1 Å². The third-order valence-corrected chi connectivity index (χ3v) is 6.00. The summed E-state index contributed by atoms with van der Waals surface area (Å²) in [7, 11) is 1.43. The van der Waals surface area contributed by atoms with Gasteiger partial charge >= 0.3 is 0 Å². The van der Waals surface area contributed by atoms with E-state index in [-0.39, 0.29) is 23.5 Å². The first-order chi connectivity index (χ1) is 11.8. The zero-order valence-electron chi connectivity index (χ0n) is 14.3. The van der Waals surface area contributed by atoms with Crippen molar-refractivity contribution in [1.29, 1.82) is 0 Å². The highest BCUT2D eigenvalue weighted by Gasteiger charge is 2.41. The van der Waals surface area contributed by atoms with Gasteiger partial charge in [0.05, 0.1) is 5.69 Å². The number of likely N-dealkylation sites (tertiary alicyclic amines) is 1. The number of aliphatic hydroxyl groups is 1. The summed E-state index contributed by atoms with van der Waals surface area (Å²) in [5.74, 6) is -0.477. The Morgan fingerprint density at radius 1 is 1.40 bits per heavy atom. The van der Waals surface area contributed by atoms with Gasteiger partial charge in [-0.1, -0.05) is 17.8 Å². The lowest BCUT2D eigenvalue weighted by Crippen LogP contribution is -2.46. The van der Waals surface area contributed by atoms with Crippen molar-refractivity contribution in [3.63, 3.8) is 0 Å². The van der Waals surface area contributed by atoms with Crippen molar-refractivity contribution in [3.8, 4) is 0 Å². The summed E-state index contributed by atoms with van der Waals surface area (Å²) >= 11 is 0.903. The van der Waals surface area contributed by atoms with E-state index in [9.17, 15) is 19.5 Å². The summed E-state index contributed by atoms with van der Waals surface area (Å²) in [5, 5.41) is 9.96. The van der Waals surface area contributed by atoms with Crippen LogP contribution in [0.4, 0.5) is 4.79 Å². The van der Waals surface area contributed by atoms with Gasteiger partial charge in [0.15, 0.2) is 0 Å². The molecule has 1 unspecified atom stereocenters. The molecule has 0 radical (unpaired) electrons. The highest BCUT2D eigenvalue weighted by atomic mass is 32.2. The molecule has 0 saturated carbocycles. The quantitative estimate of drug-likeness (QED) is 0.870. The third-order valence-electron chi connectivity index (χ3n) is 4.88. The molecular weight excluding hydrogens is 342 g/mol. The zero-order chi connectivity index (χ0) is 18.2. The fourth-order valence-electron chi connectivity index (χ4n) is 3.31. The molecule has 2 aliphatic heterocycles. The van der Waals surface area contributed by atoms with Crippen molar-refractivity contribution in [2.24, 2.45) is 0 Å². The second-order valence-corrected chi connectivity index (χ2v) is 7.71. The number of nitrogens with zero attached hydrogens (tertiary/aromatic N) is 3. The first-order valence-electron chi connectivity index (χ1n) is 8.22. The van der Waals surface area contributed by atoms with Crippen molar-refractivity contribution in [1.82, 2.24) is 14.8 Å². The molecule has 1 aromatic heterocycles. The summed E-state index contributed by atoms with van der Waals surface area (Å²) in [6.45, 7) is 2.72. The number of thioether (sulfide) groups is 1. The lowest BCUT2D eigenvalue weighted by Gasteiger charge is -2.38. The molecule has 25 heavy (non-hydrogen) atoms. The largest absolute Gasteiger partial charge is 0.383 e. The molecule has 134 valence electrons. The molecule has 2 fully saturated rings. The van der Waals surface area contributed by atoms with Gasteiger partial charge in [0.1, 0.15) is 10.9 Å². The fourth-order valence-corrected chi connectivity index (χ4v) is 4.29. The summed E-state index contributed by atoms with van der Waals surface area (Å²) in [6.07, 6.45) is 2.48. The van der Waals surface area contributed by atoms with Gasteiger partial charge < -0.3 is 10.0 Å². The number of aryl methyl sites for hydroxylation is 1. The molecule has 3 rings (SSSR count). The average molecular weight is 363 g/mol. The number of amides is 3. The monoisotopic (exact) mass is 363 g/mol. The number of hydrogen-bond donors (Lipinski definition) is 1. The first kappa shape index (κ1) is 17.9. The zero-order valence-corrected chi connectivity index (χ0v) is 15.1. The molecule has 0 bridgehead atoms. The SMILES string of the molecule is Cc1cccnc1C1(O)CCN(C(=O)CC2SC(=O)N(C)C2=O)CC1. The summed E-state index contributed by atoms with van der Waals surface area (Å²) in [6, 6.07) is 3.74. The van der Waals surface area contributed by atoms with Gasteiger partial charge in [-0.25, -0.2) is 0 Å². The molecule has 7 nitrogen and oxygen atoms in total. The maximum atomic E-state index is 12.5. The Kier molecular flexibility index (Phi) is 4.83. The van der Waals surface area contributed by atoms with Crippen LogP contribution in [0.3, 0.4) is 0 Å². The van der Waals surface area contributed by atoms with Crippen LogP contribution < -0.4 is 0 Å². The Balaban J connectivity index is 1.61. The van der Waals surface area contributed by atoms with Crippen LogP contribution >= 0.6 is 11.8 Å². The predicted molar refractivity (Wildman–Crippen MR) is 92.8 cm³/mol. The van der Waals surface area contributed by atoms with Crippen molar-refractivity contribution in [3.05, 3.63) is 29.6 Å². The highest BCUT2D eigenvalue weighted by Crippen LogP contribution is 2.34. The van der Waals surface area contributed by atoms with Crippen LogP contribution in [0.25, 0.3) is 0 Å². The van der Waals surface area contributed by atoms with Gasteiger partial charge in [0, 0.05) is 32.8 Å². The molecule has 3 heterocycles. The second kappa shape index (κ2) is 6.76. The van der Waals surface area contributed by atoms with Gasteiger partial charge in [0.2, 0.25) is 11.8 Å². The van der Waals surface area contributed by atoms with Crippen LogP contribution in [0, 0.1) is 6.92 Å². The molecular formula is C17H21N3O4S. The van der Waals surface area contributed by atoms with Gasteiger partial charge in [-0.15, -0.1) is 0 Å². The minimum absolute atomic E-state index is 0.0145. The minimum atomic E-state index is -1.03. The van der Waals surface area contributed by atoms with Crippen molar-refractivity contribution in [2.45, 2.75) is 37.0 Å². The maximum Gasteiger partial charge on any atom is 0.288 e. The van der Waals surface area contributed by atoms with E-state index >= 15 is 0 Å². The Labute approximate surface area is 150 Å². The second-order valence-electron chi connectivity index (χ2n) is 6.56. The molecule has 2 saturated heterocycles. The number of imide groups is 1. The lowest BCUT2D eigenvalue weighted by atomic mass is 9.85. The minimum Gasteiger partial charge on any atom is -0.383 e. The third kappa shape index (κ3) is 3.41.